The molecule has 0 aliphatic carbocycles. The van der Waals surface area contributed by atoms with Crippen LogP contribution in [0.25, 0.3) is 0 Å². The third-order valence-electron chi connectivity index (χ3n) is 13.7. The van der Waals surface area contributed by atoms with E-state index in [1.807, 2.05) is 0 Å². The van der Waals surface area contributed by atoms with Gasteiger partial charge in [0.15, 0.2) is 6.10 Å². The van der Waals surface area contributed by atoms with Crippen molar-refractivity contribution in [1.29, 1.82) is 0 Å². The molecule has 0 aromatic rings. The van der Waals surface area contributed by atoms with Crippen molar-refractivity contribution in [3.8, 4) is 0 Å². The molecule has 0 saturated carbocycles. The molecular weight excluding hydrogens is 901 g/mol. The third-order valence-corrected chi connectivity index (χ3v) is 13.7. The lowest BCUT2D eigenvalue weighted by atomic mass is 10.0. The lowest BCUT2D eigenvalue weighted by molar-refractivity contribution is -0.167. The number of rotatable bonds is 57. The van der Waals surface area contributed by atoms with Gasteiger partial charge in [-0.25, -0.2) is 0 Å². The average Bonchev–Trinajstić information content (AvgIpc) is 3.39. The van der Waals surface area contributed by atoms with Gasteiger partial charge in [-0.1, -0.05) is 280 Å². The highest BCUT2D eigenvalue weighted by Crippen LogP contribution is 2.16. The summed E-state index contributed by atoms with van der Waals surface area (Å²) >= 11 is 0. The van der Waals surface area contributed by atoms with Gasteiger partial charge in [0.25, 0.3) is 0 Å². The van der Waals surface area contributed by atoms with Crippen molar-refractivity contribution in [2.75, 3.05) is 13.2 Å². The van der Waals surface area contributed by atoms with Crippen LogP contribution in [-0.4, -0.2) is 37.2 Å². The van der Waals surface area contributed by atoms with E-state index < -0.39 is 6.10 Å². The minimum atomic E-state index is -0.785. The van der Waals surface area contributed by atoms with Gasteiger partial charge in [-0.2, -0.15) is 0 Å². The first-order chi connectivity index (χ1) is 36.0. The van der Waals surface area contributed by atoms with Crippen molar-refractivity contribution in [2.24, 2.45) is 0 Å². The standard InChI is InChI=1S/C67H118O6/c1-4-7-10-13-16-19-22-25-28-29-30-31-32-33-34-35-36-37-40-42-45-48-51-54-57-60-66(69)72-63-64(73-67(70)61-58-55-52-49-46-43-39-27-24-21-18-15-12-9-6-3)62-71-65(68)59-56-53-50-47-44-41-38-26-23-20-17-14-11-8-5-2/h9,12,18,21-22,25,27,29-30,32-33,39,64H,4-8,10-11,13-17,19-20,23-24,26,28,31,34-38,40-63H2,1-3H3/b12-9-,21-18-,25-22-,30-29-,33-32-,39-27-. The Morgan fingerprint density at radius 2 is 0.534 bits per heavy atom. The fourth-order valence-electron chi connectivity index (χ4n) is 9.00. The Balaban J connectivity index is 4.31. The molecule has 0 aliphatic rings. The molecule has 0 N–H and O–H groups in total. The Morgan fingerprint density at radius 1 is 0.288 bits per heavy atom. The van der Waals surface area contributed by atoms with E-state index in [4.69, 9.17) is 14.2 Å². The molecule has 6 nitrogen and oxygen atoms in total. The molecule has 422 valence electrons. The molecule has 1 unspecified atom stereocenters. The van der Waals surface area contributed by atoms with Crippen LogP contribution < -0.4 is 0 Å². The van der Waals surface area contributed by atoms with E-state index in [0.717, 1.165) is 109 Å². The van der Waals surface area contributed by atoms with Crippen molar-refractivity contribution >= 4 is 17.9 Å². The van der Waals surface area contributed by atoms with Gasteiger partial charge in [0.2, 0.25) is 0 Å². The molecule has 6 heteroatoms. The minimum absolute atomic E-state index is 0.0809. The fourth-order valence-corrected chi connectivity index (χ4v) is 9.00. The zero-order chi connectivity index (χ0) is 52.9. The topological polar surface area (TPSA) is 78.9 Å². The van der Waals surface area contributed by atoms with Gasteiger partial charge in [0.05, 0.1) is 0 Å². The highest BCUT2D eigenvalue weighted by atomic mass is 16.6. The molecule has 0 saturated heterocycles. The molecule has 1 atom stereocenters. The maximum atomic E-state index is 12.9. The Morgan fingerprint density at radius 3 is 0.836 bits per heavy atom. The van der Waals surface area contributed by atoms with Crippen molar-refractivity contribution in [3.05, 3.63) is 72.9 Å². The van der Waals surface area contributed by atoms with Crippen molar-refractivity contribution < 1.29 is 28.6 Å². The fraction of sp³-hybridized carbons (Fsp3) is 0.776. The summed E-state index contributed by atoms with van der Waals surface area (Å²) in [7, 11) is 0. The SMILES string of the molecule is CC/C=C\C/C=C\C/C=C\CCCCCCCC(=O)OC(COC(=O)CCCCCCCCCCCC/C=C\C/C=C\C/C=C\CCCCCCC)COC(=O)CCCCCCCCCCCCCCCCC. The quantitative estimate of drug-likeness (QED) is 0.0261. The number of unbranched alkanes of at least 4 members (excludes halogenated alkanes) is 34. The van der Waals surface area contributed by atoms with E-state index in [9.17, 15) is 14.4 Å². The van der Waals surface area contributed by atoms with Crippen LogP contribution in [0, 0.1) is 0 Å². The van der Waals surface area contributed by atoms with Gasteiger partial charge < -0.3 is 14.2 Å². The lowest BCUT2D eigenvalue weighted by Crippen LogP contribution is -2.30. The first-order valence-electron chi connectivity index (χ1n) is 31.4. The molecule has 0 aromatic carbocycles. The Labute approximate surface area is 453 Å². The molecular formula is C67H118O6. The molecule has 0 aliphatic heterocycles. The maximum Gasteiger partial charge on any atom is 0.306 e. The molecule has 0 heterocycles. The molecule has 0 bridgehead atoms. The van der Waals surface area contributed by atoms with Crippen molar-refractivity contribution in [2.45, 2.75) is 322 Å². The van der Waals surface area contributed by atoms with Crippen LogP contribution in [0.3, 0.4) is 0 Å². The molecule has 0 spiro atoms. The van der Waals surface area contributed by atoms with Crippen molar-refractivity contribution in [3.63, 3.8) is 0 Å². The molecule has 0 aromatic heterocycles. The summed E-state index contributed by atoms with van der Waals surface area (Å²) in [6, 6.07) is 0. The molecule has 0 fully saturated rings. The molecule has 73 heavy (non-hydrogen) atoms. The number of hydrogen-bond acceptors (Lipinski definition) is 6. The van der Waals surface area contributed by atoms with Gasteiger partial charge in [0.1, 0.15) is 13.2 Å². The van der Waals surface area contributed by atoms with E-state index in [2.05, 4.69) is 93.7 Å². The summed E-state index contributed by atoms with van der Waals surface area (Å²) in [6.07, 6.45) is 79.0. The number of esters is 3. The molecule has 0 radical (unpaired) electrons. The third kappa shape index (κ3) is 59.6. The van der Waals surface area contributed by atoms with Crippen LogP contribution in [0.4, 0.5) is 0 Å². The predicted octanol–water partition coefficient (Wildman–Crippen LogP) is 21.3. The van der Waals surface area contributed by atoms with Gasteiger partial charge in [0, 0.05) is 19.3 Å². The summed E-state index contributed by atoms with van der Waals surface area (Å²) in [5, 5.41) is 0. The average molecular weight is 1020 g/mol. The van der Waals surface area contributed by atoms with Gasteiger partial charge in [-0.15, -0.1) is 0 Å². The number of carbonyl (C=O) groups excluding carboxylic acids is 3. The maximum absolute atomic E-state index is 12.9. The second-order valence-corrected chi connectivity index (χ2v) is 20.9. The summed E-state index contributed by atoms with van der Waals surface area (Å²) in [5.41, 5.74) is 0. The summed E-state index contributed by atoms with van der Waals surface area (Å²) in [5.74, 6) is -0.888. The van der Waals surface area contributed by atoms with Gasteiger partial charge >= 0.3 is 17.9 Å². The van der Waals surface area contributed by atoms with E-state index in [1.165, 1.54) is 167 Å². The van der Waals surface area contributed by atoms with Crippen LogP contribution in [-0.2, 0) is 28.6 Å². The first kappa shape index (κ1) is 69.8. The number of carbonyl (C=O) groups is 3. The van der Waals surface area contributed by atoms with E-state index in [-0.39, 0.29) is 31.1 Å². The Bertz CT molecular complexity index is 1360. The number of ether oxygens (including phenoxy) is 3. The highest BCUT2D eigenvalue weighted by molar-refractivity contribution is 5.71. The van der Waals surface area contributed by atoms with Crippen LogP contribution >= 0.6 is 0 Å². The lowest BCUT2D eigenvalue weighted by Gasteiger charge is -2.18. The van der Waals surface area contributed by atoms with E-state index >= 15 is 0 Å². The van der Waals surface area contributed by atoms with E-state index in [1.54, 1.807) is 0 Å². The van der Waals surface area contributed by atoms with Crippen LogP contribution in [0.2, 0.25) is 0 Å². The Hall–Kier alpha value is -3.15. The number of allylic oxidation sites excluding steroid dienone is 12. The molecule has 0 rings (SSSR count). The van der Waals surface area contributed by atoms with Gasteiger partial charge in [-0.3, -0.25) is 14.4 Å². The zero-order valence-corrected chi connectivity index (χ0v) is 48.4. The predicted molar refractivity (Wildman–Crippen MR) is 316 cm³/mol. The van der Waals surface area contributed by atoms with Crippen LogP contribution in [0.1, 0.15) is 316 Å². The Kier molecular flexibility index (Phi) is 58.7. The first-order valence-corrected chi connectivity index (χ1v) is 31.4. The smallest absolute Gasteiger partial charge is 0.306 e. The molecule has 0 amide bonds. The van der Waals surface area contributed by atoms with Crippen molar-refractivity contribution in [1.82, 2.24) is 0 Å². The number of hydrogen-bond donors (Lipinski definition) is 0. The largest absolute Gasteiger partial charge is 0.462 e. The van der Waals surface area contributed by atoms with E-state index in [0.29, 0.717) is 19.3 Å². The minimum Gasteiger partial charge on any atom is -0.462 e. The van der Waals surface area contributed by atoms with Crippen LogP contribution in [0.15, 0.2) is 72.9 Å². The normalized spacial score (nSPS) is 12.5. The zero-order valence-electron chi connectivity index (χ0n) is 48.4. The summed E-state index contributed by atoms with van der Waals surface area (Å²) in [4.78, 5) is 38.3. The highest BCUT2D eigenvalue weighted by Gasteiger charge is 2.19. The monoisotopic (exact) mass is 1020 g/mol. The van der Waals surface area contributed by atoms with Crippen LogP contribution in [0.5, 0.6) is 0 Å². The van der Waals surface area contributed by atoms with Gasteiger partial charge in [-0.05, 0) is 89.9 Å². The second-order valence-electron chi connectivity index (χ2n) is 20.9. The second kappa shape index (κ2) is 61.4. The summed E-state index contributed by atoms with van der Waals surface area (Å²) < 4.78 is 16.9. The summed E-state index contributed by atoms with van der Waals surface area (Å²) in [6.45, 7) is 6.53.